The fraction of sp³-hybridized carbons (Fsp3) is 0.650. The van der Waals surface area contributed by atoms with Gasteiger partial charge >= 0.3 is 0 Å². The van der Waals surface area contributed by atoms with Gasteiger partial charge in [-0.25, -0.2) is 0 Å². The number of carbonyl (C=O) groups is 1. The Balaban J connectivity index is 1.68. The molecule has 1 atom stereocenters. The van der Waals surface area contributed by atoms with Crippen molar-refractivity contribution in [3.63, 3.8) is 0 Å². The standard InChI is InChI=1S/C20H33N3O2/c1-16-6-7-17(2)19(14-16)25-13-12-23(5)20(24)9-11-22(4)18-8-10-21(3)15-18/h6-7,14,18H,8-13,15H2,1-5H3. The second-order valence-corrected chi connectivity index (χ2v) is 7.37. The van der Waals surface area contributed by atoms with Gasteiger partial charge in [-0.2, -0.15) is 0 Å². The van der Waals surface area contributed by atoms with Crippen molar-refractivity contribution in [2.45, 2.75) is 32.7 Å². The number of ether oxygens (including phenoxy) is 1. The Bertz CT molecular complexity index is 576. The molecular weight excluding hydrogens is 314 g/mol. The molecule has 5 heteroatoms. The van der Waals surface area contributed by atoms with Crippen LogP contribution >= 0.6 is 0 Å². The first-order valence-electron chi connectivity index (χ1n) is 9.19. The molecule has 1 aromatic carbocycles. The monoisotopic (exact) mass is 347 g/mol. The van der Waals surface area contributed by atoms with Gasteiger partial charge < -0.3 is 19.4 Å². The molecule has 1 heterocycles. The highest BCUT2D eigenvalue weighted by molar-refractivity contribution is 5.76. The SMILES string of the molecule is Cc1ccc(C)c(OCCN(C)C(=O)CCN(C)C2CCN(C)C2)c1. The number of aryl methyl sites for hydroxylation is 2. The van der Waals surface area contributed by atoms with E-state index < -0.39 is 0 Å². The molecule has 1 aliphatic heterocycles. The molecule has 1 fully saturated rings. The minimum atomic E-state index is 0.183. The van der Waals surface area contributed by atoms with E-state index in [1.165, 1.54) is 12.0 Å². The zero-order valence-corrected chi connectivity index (χ0v) is 16.4. The van der Waals surface area contributed by atoms with E-state index in [1.54, 1.807) is 4.90 Å². The molecule has 2 rings (SSSR count). The summed E-state index contributed by atoms with van der Waals surface area (Å²) in [5.41, 5.74) is 2.31. The summed E-state index contributed by atoms with van der Waals surface area (Å²) < 4.78 is 5.85. The number of hydrogen-bond acceptors (Lipinski definition) is 4. The summed E-state index contributed by atoms with van der Waals surface area (Å²) >= 11 is 0. The Kier molecular flexibility index (Phi) is 7.26. The lowest BCUT2D eigenvalue weighted by atomic mass is 10.1. The van der Waals surface area contributed by atoms with Crippen LogP contribution in [0.15, 0.2) is 18.2 Å². The summed E-state index contributed by atoms with van der Waals surface area (Å²) in [5, 5.41) is 0. The van der Waals surface area contributed by atoms with Gasteiger partial charge in [0.15, 0.2) is 0 Å². The average Bonchev–Trinajstić information content (AvgIpc) is 3.01. The fourth-order valence-electron chi connectivity index (χ4n) is 3.20. The lowest BCUT2D eigenvalue weighted by Gasteiger charge is -2.25. The van der Waals surface area contributed by atoms with Gasteiger partial charge in [0.1, 0.15) is 12.4 Å². The van der Waals surface area contributed by atoms with Crippen molar-refractivity contribution in [1.82, 2.24) is 14.7 Å². The first-order chi connectivity index (χ1) is 11.9. The fourth-order valence-corrected chi connectivity index (χ4v) is 3.20. The van der Waals surface area contributed by atoms with Crippen molar-refractivity contribution in [3.8, 4) is 5.75 Å². The number of carbonyl (C=O) groups excluding carboxylic acids is 1. The molecule has 0 aromatic heterocycles. The van der Waals surface area contributed by atoms with Crippen molar-refractivity contribution in [2.24, 2.45) is 0 Å². The molecule has 25 heavy (non-hydrogen) atoms. The smallest absolute Gasteiger partial charge is 0.223 e. The van der Waals surface area contributed by atoms with E-state index in [0.717, 1.165) is 30.9 Å². The Hall–Kier alpha value is -1.59. The first kappa shape index (κ1) is 19.7. The summed E-state index contributed by atoms with van der Waals surface area (Å²) in [6.07, 6.45) is 1.76. The Morgan fingerprint density at radius 2 is 2.04 bits per heavy atom. The van der Waals surface area contributed by atoms with E-state index in [9.17, 15) is 4.79 Å². The molecule has 0 bridgehead atoms. The van der Waals surface area contributed by atoms with Crippen molar-refractivity contribution in [1.29, 1.82) is 0 Å². The maximum absolute atomic E-state index is 12.3. The summed E-state index contributed by atoms with van der Waals surface area (Å²) in [7, 11) is 6.14. The van der Waals surface area contributed by atoms with Crippen LogP contribution in [-0.2, 0) is 4.79 Å². The van der Waals surface area contributed by atoms with E-state index in [1.807, 2.05) is 20.0 Å². The normalized spacial score (nSPS) is 17.9. The lowest BCUT2D eigenvalue weighted by molar-refractivity contribution is -0.130. The quantitative estimate of drug-likeness (QED) is 0.722. The Morgan fingerprint density at radius 3 is 2.72 bits per heavy atom. The average molecular weight is 348 g/mol. The van der Waals surface area contributed by atoms with Crippen molar-refractivity contribution >= 4 is 5.91 Å². The Morgan fingerprint density at radius 1 is 1.28 bits per heavy atom. The van der Waals surface area contributed by atoms with Crippen LogP contribution in [0, 0.1) is 13.8 Å². The van der Waals surface area contributed by atoms with Crippen molar-refractivity contribution in [3.05, 3.63) is 29.3 Å². The maximum Gasteiger partial charge on any atom is 0.223 e. The van der Waals surface area contributed by atoms with Crippen LogP contribution < -0.4 is 4.74 Å². The molecule has 1 aromatic rings. The molecule has 1 aliphatic rings. The third-order valence-electron chi connectivity index (χ3n) is 5.12. The molecule has 0 radical (unpaired) electrons. The summed E-state index contributed by atoms with van der Waals surface area (Å²) in [6, 6.07) is 6.77. The van der Waals surface area contributed by atoms with Crippen LogP contribution in [0.5, 0.6) is 5.75 Å². The van der Waals surface area contributed by atoms with E-state index >= 15 is 0 Å². The summed E-state index contributed by atoms with van der Waals surface area (Å²) in [5.74, 6) is 1.09. The van der Waals surface area contributed by atoms with E-state index in [2.05, 4.69) is 43.0 Å². The van der Waals surface area contributed by atoms with E-state index in [4.69, 9.17) is 4.74 Å². The Labute approximate surface area is 152 Å². The first-order valence-corrected chi connectivity index (χ1v) is 9.19. The second kappa shape index (κ2) is 9.20. The number of hydrogen-bond donors (Lipinski definition) is 0. The second-order valence-electron chi connectivity index (χ2n) is 7.37. The molecule has 140 valence electrons. The molecule has 0 N–H and O–H groups in total. The predicted molar refractivity (Wildman–Crippen MR) is 102 cm³/mol. The molecular formula is C20H33N3O2. The third-order valence-corrected chi connectivity index (χ3v) is 5.12. The molecule has 1 saturated heterocycles. The number of benzene rings is 1. The molecule has 0 spiro atoms. The van der Waals surface area contributed by atoms with Gasteiger partial charge in [-0.3, -0.25) is 4.79 Å². The maximum atomic E-state index is 12.3. The van der Waals surface area contributed by atoms with Gasteiger partial charge in [-0.15, -0.1) is 0 Å². The lowest BCUT2D eigenvalue weighted by Crippen LogP contribution is -2.38. The van der Waals surface area contributed by atoms with Gasteiger partial charge in [0.2, 0.25) is 5.91 Å². The summed E-state index contributed by atoms with van der Waals surface area (Å²) in [6.45, 7) is 8.31. The van der Waals surface area contributed by atoms with Crippen LogP contribution in [0.4, 0.5) is 0 Å². The number of likely N-dealkylation sites (N-methyl/N-ethyl adjacent to an activating group) is 3. The molecule has 0 aliphatic carbocycles. The highest BCUT2D eigenvalue weighted by Crippen LogP contribution is 2.19. The molecule has 5 nitrogen and oxygen atoms in total. The van der Waals surface area contributed by atoms with Crippen molar-refractivity contribution < 1.29 is 9.53 Å². The van der Waals surface area contributed by atoms with Crippen LogP contribution in [0.2, 0.25) is 0 Å². The number of likely N-dealkylation sites (tertiary alicyclic amines) is 1. The zero-order chi connectivity index (χ0) is 18.4. The minimum Gasteiger partial charge on any atom is -0.491 e. The molecule has 1 unspecified atom stereocenters. The van der Waals surface area contributed by atoms with Gasteiger partial charge in [0, 0.05) is 32.6 Å². The van der Waals surface area contributed by atoms with Gasteiger partial charge in [0.05, 0.1) is 6.54 Å². The largest absolute Gasteiger partial charge is 0.491 e. The number of amides is 1. The van der Waals surface area contributed by atoms with Gasteiger partial charge in [0.25, 0.3) is 0 Å². The highest BCUT2D eigenvalue weighted by Gasteiger charge is 2.23. The van der Waals surface area contributed by atoms with Crippen molar-refractivity contribution in [2.75, 3.05) is 53.9 Å². The van der Waals surface area contributed by atoms with Gasteiger partial charge in [-0.05, 0) is 58.1 Å². The highest BCUT2D eigenvalue weighted by atomic mass is 16.5. The number of rotatable bonds is 8. The molecule has 1 amide bonds. The van der Waals surface area contributed by atoms with E-state index in [0.29, 0.717) is 25.6 Å². The third kappa shape index (κ3) is 6.01. The minimum absolute atomic E-state index is 0.183. The van der Waals surface area contributed by atoms with Gasteiger partial charge in [-0.1, -0.05) is 12.1 Å². The summed E-state index contributed by atoms with van der Waals surface area (Å²) in [4.78, 5) is 18.8. The number of nitrogens with zero attached hydrogens (tertiary/aromatic N) is 3. The van der Waals surface area contributed by atoms with Crippen LogP contribution in [0.25, 0.3) is 0 Å². The van der Waals surface area contributed by atoms with Crippen LogP contribution in [-0.4, -0.2) is 80.6 Å². The molecule has 0 saturated carbocycles. The zero-order valence-electron chi connectivity index (χ0n) is 16.4. The topological polar surface area (TPSA) is 36.0 Å². The predicted octanol–water partition coefficient (Wildman–Crippen LogP) is 2.17. The van der Waals surface area contributed by atoms with E-state index in [-0.39, 0.29) is 5.91 Å². The van der Waals surface area contributed by atoms with Crippen LogP contribution in [0.3, 0.4) is 0 Å². The van der Waals surface area contributed by atoms with Crippen LogP contribution in [0.1, 0.15) is 24.0 Å².